The molecule has 1 aromatic rings. The Hall–Kier alpha value is -2.94. The molecule has 0 aliphatic carbocycles. The molecule has 4 atom stereocenters. The number of amides is 3. The van der Waals surface area contributed by atoms with Gasteiger partial charge in [0.15, 0.2) is 0 Å². The zero-order valence-corrected chi connectivity index (χ0v) is 18.9. The first-order chi connectivity index (χ1) is 15.2. The van der Waals surface area contributed by atoms with Crippen LogP contribution in [0.4, 0.5) is 0 Å². The van der Waals surface area contributed by atoms with E-state index in [0.717, 1.165) is 18.5 Å². The molecular weight excluding hydrogens is 412 g/mol. The molecule has 1 saturated heterocycles. The van der Waals surface area contributed by atoms with Gasteiger partial charge in [0.1, 0.15) is 18.1 Å². The van der Waals surface area contributed by atoms with E-state index >= 15 is 0 Å². The Morgan fingerprint density at radius 3 is 2.22 bits per heavy atom. The standard InChI is InChI=1S/C23H34N4O5/c1-14(2)12-18(26-20(28)17-10-7-11-24-17)22(30)27-19(13-16-8-5-4-6-9-16)21(29)25-15(3)23(31)32/h4-6,8-9,14-15,17-19,24H,7,10-13H2,1-3H3,(H,25,29)(H,26,28)(H,27,30)(H,31,32). The maximum atomic E-state index is 13.1. The lowest BCUT2D eigenvalue weighted by molar-refractivity contribution is -0.141. The van der Waals surface area contributed by atoms with Gasteiger partial charge in [-0.2, -0.15) is 0 Å². The average Bonchev–Trinajstić information content (AvgIpc) is 3.28. The maximum absolute atomic E-state index is 13.1. The van der Waals surface area contributed by atoms with Crippen LogP contribution < -0.4 is 21.3 Å². The maximum Gasteiger partial charge on any atom is 0.325 e. The van der Waals surface area contributed by atoms with Crippen LogP contribution in [-0.2, 0) is 25.6 Å². The molecule has 4 unspecified atom stereocenters. The molecule has 9 heteroatoms. The Bertz CT molecular complexity index is 793. The van der Waals surface area contributed by atoms with E-state index in [9.17, 15) is 19.2 Å². The Kier molecular flexibility index (Phi) is 9.64. The molecule has 0 aromatic heterocycles. The first kappa shape index (κ1) is 25.3. The molecule has 9 nitrogen and oxygen atoms in total. The van der Waals surface area contributed by atoms with Gasteiger partial charge in [0.2, 0.25) is 17.7 Å². The highest BCUT2D eigenvalue weighted by Gasteiger charge is 2.31. The van der Waals surface area contributed by atoms with Crippen LogP contribution in [0.25, 0.3) is 0 Å². The normalized spacial score (nSPS) is 18.4. The van der Waals surface area contributed by atoms with Crippen LogP contribution in [-0.4, -0.2) is 59.5 Å². The zero-order chi connectivity index (χ0) is 23.7. The fraction of sp³-hybridized carbons (Fsp3) is 0.565. The third-order valence-electron chi connectivity index (χ3n) is 5.36. The van der Waals surface area contributed by atoms with Gasteiger partial charge in [0.25, 0.3) is 0 Å². The van der Waals surface area contributed by atoms with Crippen LogP contribution in [0.5, 0.6) is 0 Å². The van der Waals surface area contributed by atoms with E-state index < -0.39 is 35.9 Å². The highest BCUT2D eigenvalue weighted by molar-refractivity contribution is 5.94. The Morgan fingerprint density at radius 1 is 1.00 bits per heavy atom. The van der Waals surface area contributed by atoms with Crippen molar-refractivity contribution in [1.29, 1.82) is 0 Å². The highest BCUT2D eigenvalue weighted by atomic mass is 16.4. The lowest BCUT2D eigenvalue weighted by Crippen LogP contribution is -2.57. The number of hydrogen-bond acceptors (Lipinski definition) is 5. The fourth-order valence-corrected chi connectivity index (χ4v) is 3.59. The van der Waals surface area contributed by atoms with Gasteiger partial charge in [-0.1, -0.05) is 44.2 Å². The van der Waals surface area contributed by atoms with Gasteiger partial charge in [0.05, 0.1) is 6.04 Å². The van der Waals surface area contributed by atoms with Crippen LogP contribution in [0.2, 0.25) is 0 Å². The number of rotatable bonds is 11. The highest BCUT2D eigenvalue weighted by Crippen LogP contribution is 2.10. The molecule has 0 spiro atoms. The first-order valence-electron chi connectivity index (χ1n) is 11.1. The summed E-state index contributed by atoms with van der Waals surface area (Å²) in [6.45, 7) is 6.02. The predicted octanol–water partition coefficient (Wildman–Crippen LogP) is 0.586. The SMILES string of the molecule is CC(C)CC(NC(=O)C1CCCN1)C(=O)NC(Cc1ccccc1)C(=O)NC(C)C(=O)O. The van der Waals surface area contributed by atoms with Gasteiger partial charge >= 0.3 is 5.97 Å². The van der Waals surface area contributed by atoms with E-state index in [4.69, 9.17) is 5.11 Å². The summed E-state index contributed by atoms with van der Waals surface area (Å²) in [4.78, 5) is 49.6. The minimum atomic E-state index is -1.17. The van der Waals surface area contributed by atoms with E-state index in [0.29, 0.717) is 12.8 Å². The number of carbonyl (C=O) groups is 4. The molecule has 5 N–H and O–H groups in total. The molecule has 1 aliphatic heterocycles. The summed E-state index contributed by atoms with van der Waals surface area (Å²) in [7, 11) is 0. The number of carboxylic acids is 1. The van der Waals surface area contributed by atoms with Crippen molar-refractivity contribution in [3.8, 4) is 0 Å². The first-order valence-corrected chi connectivity index (χ1v) is 11.1. The van der Waals surface area contributed by atoms with Crippen LogP contribution >= 0.6 is 0 Å². The molecule has 0 radical (unpaired) electrons. The number of benzene rings is 1. The molecule has 176 valence electrons. The van der Waals surface area contributed by atoms with Gasteiger partial charge in [-0.25, -0.2) is 0 Å². The van der Waals surface area contributed by atoms with E-state index in [1.54, 1.807) is 0 Å². The van der Waals surface area contributed by atoms with Crippen molar-refractivity contribution in [2.24, 2.45) is 5.92 Å². The number of nitrogens with one attached hydrogen (secondary N) is 4. The topological polar surface area (TPSA) is 137 Å². The average molecular weight is 447 g/mol. The Morgan fingerprint density at radius 2 is 1.66 bits per heavy atom. The van der Waals surface area contributed by atoms with Crippen molar-refractivity contribution >= 4 is 23.7 Å². The molecule has 2 rings (SSSR count). The number of carboxylic acid groups (broad SMARTS) is 1. The van der Waals surface area contributed by atoms with Gasteiger partial charge < -0.3 is 26.4 Å². The largest absolute Gasteiger partial charge is 0.480 e. The third-order valence-corrected chi connectivity index (χ3v) is 5.36. The van der Waals surface area contributed by atoms with Crippen LogP contribution in [0, 0.1) is 5.92 Å². The summed E-state index contributed by atoms with van der Waals surface area (Å²) in [5, 5.41) is 20.2. The molecule has 1 aromatic carbocycles. The van der Waals surface area contributed by atoms with Crippen LogP contribution in [0.15, 0.2) is 30.3 Å². The van der Waals surface area contributed by atoms with E-state index in [1.807, 2.05) is 44.2 Å². The lowest BCUT2D eigenvalue weighted by Gasteiger charge is -2.25. The fourth-order valence-electron chi connectivity index (χ4n) is 3.59. The monoisotopic (exact) mass is 446 g/mol. The molecule has 1 heterocycles. The molecule has 0 bridgehead atoms. The van der Waals surface area contributed by atoms with Crippen molar-refractivity contribution in [1.82, 2.24) is 21.3 Å². The summed E-state index contributed by atoms with van der Waals surface area (Å²) in [5.41, 5.74) is 0.815. The van der Waals surface area contributed by atoms with Gasteiger partial charge in [-0.3, -0.25) is 19.2 Å². The van der Waals surface area contributed by atoms with E-state index in [-0.39, 0.29) is 24.3 Å². The quantitative estimate of drug-likeness (QED) is 0.337. The predicted molar refractivity (Wildman–Crippen MR) is 120 cm³/mol. The van der Waals surface area contributed by atoms with Crippen LogP contribution in [0.1, 0.15) is 45.6 Å². The second-order valence-corrected chi connectivity index (χ2v) is 8.66. The van der Waals surface area contributed by atoms with Crippen molar-refractivity contribution in [2.45, 2.75) is 70.6 Å². The number of aliphatic carboxylic acids is 1. The van der Waals surface area contributed by atoms with E-state index in [1.165, 1.54) is 6.92 Å². The number of hydrogen-bond donors (Lipinski definition) is 5. The molecular formula is C23H34N4O5. The second kappa shape index (κ2) is 12.2. The smallest absolute Gasteiger partial charge is 0.325 e. The summed E-state index contributed by atoms with van der Waals surface area (Å²) in [6, 6.07) is 5.93. The Balaban J connectivity index is 2.14. The van der Waals surface area contributed by atoms with E-state index in [2.05, 4.69) is 21.3 Å². The second-order valence-electron chi connectivity index (χ2n) is 8.66. The third kappa shape index (κ3) is 7.96. The molecule has 0 saturated carbocycles. The van der Waals surface area contributed by atoms with Crippen molar-refractivity contribution in [3.63, 3.8) is 0 Å². The van der Waals surface area contributed by atoms with Crippen molar-refractivity contribution in [3.05, 3.63) is 35.9 Å². The molecule has 3 amide bonds. The molecule has 1 fully saturated rings. The molecule has 32 heavy (non-hydrogen) atoms. The summed E-state index contributed by atoms with van der Waals surface area (Å²) >= 11 is 0. The van der Waals surface area contributed by atoms with Crippen molar-refractivity contribution < 1.29 is 24.3 Å². The Labute approximate surface area is 188 Å². The van der Waals surface area contributed by atoms with Gasteiger partial charge in [-0.15, -0.1) is 0 Å². The minimum Gasteiger partial charge on any atom is -0.480 e. The van der Waals surface area contributed by atoms with Crippen molar-refractivity contribution in [2.75, 3.05) is 6.54 Å². The lowest BCUT2D eigenvalue weighted by atomic mass is 10.0. The van der Waals surface area contributed by atoms with Crippen LogP contribution in [0.3, 0.4) is 0 Å². The minimum absolute atomic E-state index is 0.135. The molecule has 1 aliphatic rings. The van der Waals surface area contributed by atoms with Gasteiger partial charge in [0, 0.05) is 6.42 Å². The summed E-state index contributed by atoms with van der Waals surface area (Å²) in [5.74, 6) is -2.33. The zero-order valence-electron chi connectivity index (χ0n) is 18.9. The summed E-state index contributed by atoms with van der Waals surface area (Å²) < 4.78 is 0. The van der Waals surface area contributed by atoms with Gasteiger partial charge in [-0.05, 0) is 44.2 Å². The summed E-state index contributed by atoms with van der Waals surface area (Å²) in [6.07, 6.45) is 2.22. The number of carbonyl (C=O) groups excluding carboxylic acids is 3.